The van der Waals surface area contributed by atoms with Gasteiger partial charge in [0.15, 0.2) is 9.84 Å². The molecular weight excluding hydrogens is 320 g/mol. The highest BCUT2D eigenvalue weighted by atomic mass is 32.2. The van der Waals surface area contributed by atoms with Crippen LogP contribution in [0.1, 0.15) is 19.8 Å². The molecule has 6 nitrogen and oxygen atoms in total. The standard InChI is InChI=1S/C16H22O6S/c1-2-5-16(18)22-12-3-10-21-11-4-13-23(19,20)15-8-6-14(17)7-9-15/h2,5-9,17H,3-4,10-13H2,1H3. The molecular formula is C16H22O6S. The number of benzene rings is 1. The summed E-state index contributed by atoms with van der Waals surface area (Å²) in [6.07, 6.45) is 3.89. The third kappa shape index (κ3) is 7.80. The summed E-state index contributed by atoms with van der Waals surface area (Å²) in [6, 6.07) is 5.45. The lowest BCUT2D eigenvalue weighted by Gasteiger charge is -2.06. The van der Waals surface area contributed by atoms with Gasteiger partial charge in [0.1, 0.15) is 5.75 Å². The molecule has 1 rings (SSSR count). The van der Waals surface area contributed by atoms with E-state index >= 15 is 0 Å². The van der Waals surface area contributed by atoms with Crippen LogP contribution in [0.5, 0.6) is 5.75 Å². The number of allylic oxidation sites excluding steroid dienone is 1. The second-order valence-corrected chi connectivity index (χ2v) is 6.91. The molecule has 0 unspecified atom stereocenters. The van der Waals surface area contributed by atoms with Crippen molar-refractivity contribution in [1.82, 2.24) is 0 Å². The van der Waals surface area contributed by atoms with E-state index in [0.717, 1.165) is 0 Å². The lowest BCUT2D eigenvalue weighted by Crippen LogP contribution is -2.10. The van der Waals surface area contributed by atoms with Gasteiger partial charge >= 0.3 is 5.97 Å². The summed E-state index contributed by atoms with van der Waals surface area (Å²) in [6.45, 7) is 2.73. The van der Waals surface area contributed by atoms with Crippen molar-refractivity contribution in [2.75, 3.05) is 25.6 Å². The Kier molecular flexibility index (Phi) is 8.36. The van der Waals surface area contributed by atoms with E-state index in [1.54, 1.807) is 13.0 Å². The molecule has 0 saturated carbocycles. The molecule has 1 N–H and O–H groups in total. The predicted molar refractivity (Wildman–Crippen MR) is 86.0 cm³/mol. The third-order valence-corrected chi connectivity index (χ3v) is 4.69. The van der Waals surface area contributed by atoms with Crippen molar-refractivity contribution in [1.29, 1.82) is 0 Å². The smallest absolute Gasteiger partial charge is 0.330 e. The zero-order valence-electron chi connectivity index (χ0n) is 13.1. The molecule has 0 heterocycles. The fourth-order valence-corrected chi connectivity index (χ4v) is 3.03. The second-order valence-electron chi connectivity index (χ2n) is 4.80. The number of ether oxygens (including phenoxy) is 2. The van der Waals surface area contributed by atoms with Crippen LogP contribution in [-0.4, -0.2) is 45.1 Å². The van der Waals surface area contributed by atoms with E-state index in [0.29, 0.717) is 26.1 Å². The highest BCUT2D eigenvalue weighted by molar-refractivity contribution is 7.91. The Hall–Kier alpha value is -1.86. The summed E-state index contributed by atoms with van der Waals surface area (Å²) < 4.78 is 34.2. The van der Waals surface area contributed by atoms with Crippen molar-refractivity contribution >= 4 is 15.8 Å². The predicted octanol–water partition coefficient (Wildman–Crippen LogP) is 2.08. The number of phenolic OH excluding ortho intramolecular Hbond substituents is 1. The van der Waals surface area contributed by atoms with Gasteiger partial charge in [-0.3, -0.25) is 0 Å². The lowest BCUT2D eigenvalue weighted by atomic mass is 10.3. The minimum Gasteiger partial charge on any atom is -0.508 e. The van der Waals surface area contributed by atoms with Crippen LogP contribution < -0.4 is 0 Å². The molecule has 0 aromatic heterocycles. The number of hydrogen-bond acceptors (Lipinski definition) is 6. The maximum absolute atomic E-state index is 12.0. The van der Waals surface area contributed by atoms with Gasteiger partial charge in [0.2, 0.25) is 0 Å². The highest BCUT2D eigenvalue weighted by Crippen LogP contribution is 2.16. The van der Waals surface area contributed by atoms with Crippen LogP contribution in [0.15, 0.2) is 41.3 Å². The van der Waals surface area contributed by atoms with Gasteiger partial charge in [-0.15, -0.1) is 0 Å². The molecule has 0 aliphatic heterocycles. The summed E-state index contributed by atoms with van der Waals surface area (Å²) >= 11 is 0. The fraction of sp³-hybridized carbons (Fsp3) is 0.438. The molecule has 0 spiro atoms. The van der Waals surface area contributed by atoms with Gasteiger partial charge in [0.05, 0.1) is 17.3 Å². The number of carbonyl (C=O) groups excluding carboxylic acids is 1. The van der Waals surface area contributed by atoms with E-state index in [1.165, 1.54) is 30.3 Å². The normalized spacial score (nSPS) is 11.7. The van der Waals surface area contributed by atoms with E-state index in [1.807, 2.05) is 0 Å². The number of aromatic hydroxyl groups is 1. The van der Waals surface area contributed by atoms with Crippen molar-refractivity contribution in [3.63, 3.8) is 0 Å². The van der Waals surface area contributed by atoms with Crippen molar-refractivity contribution in [2.24, 2.45) is 0 Å². The maximum Gasteiger partial charge on any atom is 0.330 e. The van der Waals surface area contributed by atoms with Crippen LogP contribution in [0.2, 0.25) is 0 Å². The van der Waals surface area contributed by atoms with Crippen LogP contribution >= 0.6 is 0 Å². The first-order chi connectivity index (χ1) is 11.0. The number of esters is 1. The number of sulfone groups is 1. The molecule has 0 amide bonds. The Morgan fingerprint density at radius 3 is 2.43 bits per heavy atom. The lowest BCUT2D eigenvalue weighted by molar-refractivity contribution is -0.138. The minimum absolute atomic E-state index is 0.0198. The first kappa shape index (κ1) is 19.2. The molecule has 0 aliphatic carbocycles. The van der Waals surface area contributed by atoms with Gasteiger partial charge in [-0.25, -0.2) is 13.2 Å². The average molecular weight is 342 g/mol. The molecule has 1 aromatic rings. The zero-order valence-corrected chi connectivity index (χ0v) is 13.9. The number of carbonyl (C=O) groups is 1. The molecule has 0 saturated heterocycles. The molecule has 1 aromatic carbocycles. The van der Waals surface area contributed by atoms with Crippen LogP contribution in [0.4, 0.5) is 0 Å². The summed E-state index contributed by atoms with van der Waals surface area (Å²) in [5, 5.41) is 9.15. The van der Waals surface area contributed by atoms with E-state index in [4.69, 9.17) is 14.6 Å². The summed E-state index contributed by atoms with van der Waals surface area (Å²) in [4.78, 5) is 11.2. The van der Waals surface area contributed by atoms with Gasteiger partial charge in [-0.2, -0.15) is 0 Å². The fourth-order valence-electron chi connectivity index (χ4n) is 1.74. The van der Waals surface area contributed by atoms with Gasteiger partial charge < -0.3 is 14.6 Å². The third-order valence-electron chi connectivity index (χ3n) is 2.88. The van der Waals surface area contributed by atoms with Crippen molar-refractivity contribution in [2.45, 2.75) is 24.7 Å². The Morgan fingerprint density at radius 1 is 1.13 bits per heavy atom. The van der Waals surface area contributed by atoms with Crippen LogP contribution in [0.3, 0.4) is 0 Å². The van der Waals surface area contributed by atoms with Gasteiger partial charge in [0.25, 0.3) is 0 Å². The number of phenols is 1. The Bertz CT molecular complexity index is 604. The molecule has 7 heteroatoms. The molecule has 0 fully saturated rings. The quantitative estimate of drug-likeness (QED) is 0.398. The van der Waals surface area contributed by atoms with Gasteiger partial charge in [-0.05, 0) is 37.6 Å². The van der Waals surface area contributed by atoms with Gasteiger partial charge in [-0.1, -0.05) is 6.08 Å². The topological polar surface area (TPSA) is 89.9 Å². The first-order valence-electron chi connectivity index (χ1n) is 7.34. The van der Waals surface area contributed by atoms with Crippen LogP contribution in [0, 0.1) is 0 Å². The Morgan fingerprint density at radius 2 is 1.78 bits per heavy atom. The monoisotopic (exact) mass is 342 g/mol. The van der Waals surface area contributed by atoms with Crippen molar-refractivity contribution in [3.8, 4) is 5.75 Å². The van der Waals surface area contributed by atoms with E-state index in [9.17, 15) is 13.2 Å². The minimum atomic E-state index is -3.36. The molecule has 0 aliphatic rings. The molecule has 23 heavy (non-hydrogen) atoms. The Labute approximate surface area is 136 Å². The van der Waals surface area contributed by atoms with E-state index in [-0.39, 0.29) is 29.0 Å². The van der Waals surface area contributed by atoms with E-state index in [2.05, 4.69) is 0 Å². The number of hydrogen-bond donors (Lipinski definition) is 1. The zero-order chi connectivity index (χ0) is 17.1. The average Bonchev–Trinajstić information content (AvgIpc) is 2.50. The van der Waals surface area contributed by atoms with Crippen molar-refractivity contribution in [3.05, 3.63) is 36.4 Å². The molecule has 128 valence electrons. The van der Waals surface area contributed by atoms with Crippen molar-refractivity contribution < 1.29 is 27.8 Å². The second kappa shape index (κ2) is 10.0. The summed E-state index contributed by atoms with van der Waals surface area (Å²) in [7, 11) is -3.36. The SMILES string of the molecule is CC=CC(=O)OCCCOCCCS(=O)(=O)c1ccc(O)cc1. The molecule has 0 atom stereocenters. The van der Waals surface area contributed by atoms with Crippen LogP contribution in [0.25, 0.3) is 0 Å². The Balaban J connectivity index is 2.15. The molecule has 0 radical (unpaired) electrons. The number of rotatable bonds is 10. The van der Waals surface area contributed by atoms with Gasteiger partial charge in [0, 0.05) is 25.7 Å². The largest absolute Gasteiger partial charge is 0.508 e. The summed E-state index contributed by atoms with van der Waals surface area (Å²) in [5.41, 5.74) is 0. The molecule has 0 bridgehead atoms. The van der Waals surface area contributed by atoms with E-state index < -0.39 is 9.84 Å². The van der Waals surface area contributed by atoms with Crippen LogP contribution in [-0.2, 0) is 24.1 Å². The first-order valence-corrected chi connectivity index (χ1v) is 9.00. The highest BCUT2D eigenvalue weighted by Gasteiger charge is 2.13. The summed E-state index contributed by atoms with van der Waals surface area (Å²) in [5.74, 6) is -0.372. The maximum atomic E-state index is 12.0.